The normalized spacial score (nSPS) is 9.92. The van der Waals surface area contributed by atoms with Crippen LogP contribution in [0.3, 0.4) is 0 Å². The molecule has 0 saturated carbocycles. The van der Waals surface area contributed by atoms with Gasteiger partial charge in [-0.3, -0.25) is 0 Å². The molecule has 0 aliphatic carbocycles. The van der Waals surface area contributed by atoms with E-state index in [1.54, 1.807) is 0 Å². The van der Waals surface area contributed by atoms with Crippen LogP contribution in [0.2, 0.25) is 0 Å². The Balaban J connectivity index is 0.000000845. The zero-order chi connectivity index (χ0) is 8.39. The molecule has 0 spiro atoms. The number of nitrogens with zero attached hydrogens (tertiary/aromatic N) is 1. The maximum atomic E-state index is 4.38. The minimum absolute atomic E-state index is 0. The van der Waals surface area contributed by atoms with E-state index < -0.39 is 0 Å². The number of para-hydroxylation sites is 2. The number of fused-ring (bicyclic) bond motifs is 1. The highest BCUT2D eigenvalue weighted by molar-refractivity contribution is 5.85. The van der Waals surface area contributed by atoms with E-state index in [4.69, 9.17) is 0 Å². The van der Waals surface area contributed by atoms with Crippen LogP contribution >= 0.6 is 12.4 Å². The van der Waals surface area contributed by atoms with Crippen molar-refractivity contribution in [1.82, 2.24) is 15.3 Å². The van der Waals surface area contributed by atoms with Gasteiger partial charge in [0.15, 0.2) is 0 Å². The minimum Gasteiger partial charge on any atom is -0.341 e. The lowest BCUT2D eigenvalue weighted by atomic mass is 10.3. The Kier molecular flexibility index (Phi) is 3.28. The number of nitrogens with one attached hydrogen (secondary N) is 2. The summed E-state index contributed by atoms with van der Waals surface area (Å²) < 4.78 is 0. The molecular weight excluding hydrogens is 186 g/mol. The van der Waals surface area contributed by atoms with E-state index in [9.17, 15) is 0 Å². The average Bonchev–Trinajstić information content (AvgIpc) is 2.47. The number of H-pyrrole nitrogens is 1. The molecule has 0 fully saturated rings. The van der Waals surface area contributed by atoms with Crippen molar-refractivity contribution < 1.29 is 0 Å². The summed E-state index contributed by atoms with van der Waals surface area (Å²) in [4.78, 5) is 7.61. The largest absolute Gasteiger partial charge is 0.341 e. The van der Waals surface area contributed by atoms with Gasteiger partial charge in [-0.05, 0) is 19.2 Å². The summed E-state index contributed by atoms with van der Waals surface area (Å²) in [5.74, 6) is 0.985. The molecule has 2 aromatic rings. The molecule has 0 aliphatic rings. The van der Waals surface area contributed by atoms with Gasteiger partial charge in [0.05, 0.1) is 17.6 Å². The lowest BCUT2D eigenvalue weighted by molar-refractivity contribution is 0.775. The monoisotopic (exact) mass is 197 g/mol. The van der Waals surface area contributed by atoms with Gasteiger partial charge < -0.3 is 10.3 Å². The Morgan fingerprint density at radius 2 is 2.15 bits per heavy atom. The number of aromatic nitrogens is 2. The molecule has 0 bridgehead atoms. The molecule has 4 heteroatoms. The van der Waals surface area contributed by atoms with E-state index >= 15 is 0 Å². The highest BCUT2D eigenvalue weighted by Crippen LogP contribution is 2.09. The van der Waals surface area contributed by atoms with E-state index in [-0.39, 0.29) is 12.4 Å². The second-order valence-electron chi connectivity index (χ2n) is 2.73. The predicted molar refractivity (Wildman–Crippen MR) is 56.1 cm³/mol. The number of imidazole rings is 1. The fourth-order valence-corrected chi connectivity index (χ4v) is 1.26. The lowest BCUT2D eigenvalue weighted by Crippen LogP contribution is -2.06. The molecule has 1 aromatic heterocycles. The van der Waals surface area contributed by atoms with E-state index in [0.717, 1.165) is 23.4 Å². The van der Waals surface area contributed by atoms with Crippen molar-refractivity contribution in [3.63, 3.8) is 0 Å². The summed E-state index contributed by atoms with van der Waals surface area (Å²) in [6, 6.07) is 8.03. The molecular formula is C9H12ClN3. The van der Waals surface area contributed by atoms with Crippen LogP contribution in [0.15, 0.2) is 24.3 Å². The van der Waals surface area contributed by atoms with Crippen molar-refractivity contribution in [2.45, 2.75) is 6.54 Å². The van der Waals surface area contributed by atoms with Gasteiger partial charge in [-0.25, -0.2) is 4.98 Å². The number of aromatic amines is 1. The van der Waals surface area contributed by atoms with Crippen molar-refractivity contribution in [2.75, 3.05) is 7.05 Å². The topological polar surface area (TPSA) is 40.7 Å². The summed E-state index contributed by atoms with van der Waals surface area (Å²) in [6.07, 6.45) is 0. The second-order valence-corrected chi connectivity index (χ2v) is 2.73. The molecule has 13 heavy (non-hydrogen) atoms. The van der Waals surface area contributed by atoms with Gasteiger partial charge >= 0.3 is 0 Å². The number of hydrogen-bond acceptors (Lipinski definition) is 2. The van der Waals surface area contributed by atoms with Crippen LogP contribution in [0, 0.1) is 0 Å². The number of rotatable bonds is 2. The molecule has 0 aliphatic heterocycles. The van der Waals surface area contributed by atoms with Crippen LogP contribution in [0.4, 0.5) is 0 Å². The zero-order valence-corrected chi connectivity index (χ0v) is 8.19. The summed E-state index contributed by atoms with van der Waals surface area (Å²) in [6.45, 7) is 0.786. The van der Waals surface area contributed by atoms with E-state index in [1.165, 1.54) is 0 Å². The van der Waals surface area contributed by atoms with Gasteiger partial charge in [-0.1, -0.05) is 12.1 Å². The van der Waals surface area contributed by atoms with Crippen LogP contribution in [0.5, 0.6) is 0 Å². The molecule has 0 unspecified atom stereocenters. The Morgan fingerprint density at radius 3 is 2.85 bits per heavy atom. The van der Waals surface area contributed by atoms with E-state index in [0.29, 0.717) is 0 Å². The van der Waals surface area contributed by atoms with Gasteiger partial charge in [0.1, 0.15) is 5.82 Å². The van der Waals surface area contributed by atoms with Crippen molar-refractivity contribution in [3.8, 4) is 0 Å². The maximum absolute atomic E-state index is 4.38. The van der Waals surface area contributed by atoms with E-state index in [1.807, 2.05) is 31.3 Å². The Hall–Kier alpha value is -1.06. The van der Waals surface area contributed by atoms with Crippen molar-refractivity contribution in [2.24, 2.45) is 0 Å². The van der Waals surface area contributed by atoms with Crippen LogP contribution < -0.4 is 5.32 Å². The van der Waals surface area contributed by atoms with Crippen LogP contribution in [0.1, 0.15) is 5.82 Å². The highest BCUT2D eigenvalue weighted by atomic mass is 35.5. The zero-order valence-electron chi connectivity index (χ0n) is 7.37. The Morgan fingerprint density at radius 1 is 1.38 bits per heavy atom. The SMILES string of the molecule is CNCc1nc2ccccc2[nH]1.Cl. The summed E-state index contributed by atoms with van der Waals surface area (Å²) in [5, 5.41) is 3.05. The molecule has 1 aromatic carbocycles. The number of halogens is 1. The molecule has 3 nitrogen and oxygen atoms in total. The summed E-state index contributed by atoms with van der Waals surface area (Å²) >= 11 is 0. The molecule has 0 atom stereocenters. The molecule has 1 heterocycles. The van der Waals surface area contributed by atoms with Gasteiger partial charge in [-0.15, -0.1) is 12.4 Å². The molecule has 70 valence electrons. The average molecular weight is 198 g/mol. The number of hydrogen-bond donors (Lipinski definition) is 2. The van der Waals surface area contributed by atoms with Crippen molar-refractivity contribution in [3.05, 3.63) is 30.1 Å². The lowest BCUT2D eigenvalue weighted by Gasteiger charge is -1.89. The Bertz CT molecular complexity index is 350. The van der Waals surface area contributed by atoms with Crippen LogP contribution in [-0.2, 0) is 6.54 Å². The fraction of sp³-hybridized carbons (Fsp3) is 0.222. The van der Waals surface area contributed by atoms with Gasteiger partial charge in [0.2, 0.25) is 0 Å². The van der Waals surface area contributed by atoms with Crippen LogP contribution in [0.25, 0.3) is 11.0 Å². The molecule has 0 saturated heterocycles. The number of benzene rings is 1. The standard InChI is InChI=1S/C9H11N3.ClH/c1-10-6-9-11-7-4-2-3-5-8(7)12-9;/h2-5,10H,6H2,1H3,(H,11,12);1H. The van der Waals surface area contributed by atoms with Gasteiger partial charge in [-0.2, -0.15) is 0 Å². The van der Waals surface area contributed by atoms with Gasteiger partial charge in [0, 0.05) is 0 Å². The van der Waals surface area contributed by atoms with Gasteiger partial charge in [0.25, 0.3) is 0 Å². The summed E-state index contributed by atoms with van der Waals surface area (Å²) in [5.41, 5.74) is 2.13. The fourth-order valence-electron chi connectivity index (χ4n) is 1.26. The third kappa shape index (κ3) is 1.99. The first kappa shape index (κ1) is 10.0. The Labute approximate surface area is 83.0 Å². The third-order valence-electron chi connectivity index (χ3n) is 1.78. The maximum Gasteiger partial charge on any atom is 0.121 e. The van der Waals surface area contributed by atoms with Crippen molar-refractivity contribution >= 4 is 23.4 Å². The highest BCUT2D eigenvalue weighted by Gasteiger charge is 1.98. The molecule has 2 N–H and O–H groups in total. The smallest absolute Gasteiger partial charge is 0.121 e. The molecule has 2 rings (SSSR count). The van der Waals surface area contributed by atoms with Crippen LogP contribution in [-0.4, -0.2) is 17.0 Å². The second kappa shape index (κ2) is 4.25. The minimum atomic E-state index is 0. The first-order chi connectivity index (χ1) is 5.90. The molecule has 0 radical (unpaired) electrons. The quantitative estimate of drug-likeness (QED) is 0.770. The first-order valence-electron chi connectivity index (χ1n) is 3.98. The molecule has 0 amide bonds. The first-order valence-corrected chi connectivity index (χ1v) is 3.98. The predicted octanol–water partition coefficient (Wildman–Crippen LogP) is 1.70. The summed E-state index contributed by atoms with van der Waals surface area (Å²) in [7, 11) is 1.91. The van der Waals surface area contributed by atoms with E-state index in [2.05, 4.69) is 15.3 Å². The van der Waals surface area contributed by atoms with Crippen molar-refractivity contribution in [1.29, 1.82) is 0 Å². The third-order valence-corrected chi connectivity index (χ3v) is 1.78.